The molecule has 1 fully saturated rings. The largest absolute Gasteiger partial charge is 0.404 e. The maximum Gasteiger partial charge on any atom is 0.351 e. The average Bonchev–Trinajstić information content (AvgIpc) is 3.45. The second-order valence-corrected chi connectivity index (χ2v) is 16.6. The van der Waals surface area contributed by atoms with Crippen molar-refractivity contribution >= 4 is 42.2 Å². The van der Waals surface area contributed by atoms with Crippen molar-refractivity contribution in [3.05, 3.63) is 119 Å². The van der Waals surface area contributed by atoms with Gasteiger partial charge in [-0.25, -0.2) is 4.79 Å². The molecule has 4 aromatic rings. The Hall–Kier alpha value is -3.50. The topological polar surface area (TPSA) is 82.4 Å². The summed E-state index contributed by atoms with van der Waals surface area (Å²) in [7, 11) is -2.70. The molecule has 1 saturated heterocycles. The number of hydrogen-bond donors (Lipinski definition) is 1. The first-order valence-corrected chi connectivity index (χ1v) is 16.6. The molecule has 7 nitrogen and oxygen atoms in total. The van der Waals surface area contributed by atoms with Gasteiger partial charge in [-0.05, 0) is 34.5 Å². The lowest BCUT2D eigenvalue weighted by molar-refractivity contribution is -0.00358. The van der Waals surface area contributed by atoms with Crippen LogP contribution in [0.2, 0.25) is 5.04 Å². The fourth-order valence-electron chi connectivity index (χ4n) is 5.30. The molecule has 1 N–H and O–H groups in total. The minimum absolute atomic E-state index is 0.142. The highest BCUT2D eigenvalue weighted by molar-refractivity contribution is 8.00. The zero-order valence-corrected chi connectivity index (χ0v) is 25.6. The Bertz CT molecular complexity index is 1500. The summed E-state index contributed by atoms with van der Waals surface area (Å²) in [4.78, 5) is 29.8. The molecular weight excluding hydrogens is 551 g/mol. The van der Waals surface area contributed by atoms with Crippen molar-refractivity contribution in [2.45, 2.75) is 44.4 Å². The molecule has 0 bridgehead atoms. The fraction of sp³-hybridized carbons (Fsp3) is 0.281. The summed E-state index contributed by atoms with van der Waals surface area (Å²) in [5.41, 5.74) is 0.455. The van der Waals surface area contributed by atoms with E-state index in [-0.39, 0.29) is 22.2 Å². The number of hydrogen-bond acceptors (Lipinski definition) is 6. The smallest absolute Gasteiger partial charge is 0.351 e. The Morgan fingerprint density at radius 1 is 1.00 bits per heavy atom. The van der Waals surface area contributed by atoms with E-state index in [2.05, 4.69) is 79.6 Å². The number of nitrogens with one attached hydrogen (secondary N) is 1. The van der Waals surface area contributed by atoms with E-state index in [1.807, 2.05) is 25.1 Å². The van der Waals surface area contributed by atoms with Gasteiger partial charge in [0.1, 0.15) is 17.5 Å². The average molecular weight is 586 g/mol. The molecule has 1 aromatic heterocycles. The van der Waals surface area contributed by atoms with Gasteiger partial charge in [-0.3, -0.25) is 9.36 Å². The Labute approximate surface area is 246 Å². The molecule has 0 unspecified atom stereocenters. The first kappa shape index (κ1) is 29.0. The van der Waals surface area contributed by atoms with Crippen LogP contribution in [0.1, 0.15) is 42.9 Å². The Balaban J connectivity index is 1.33. The van der Waals surface area contributed by atoms with Crippen molar-refractivity contribution < 1.29 is 14.0 Å². The molecule has 1 amide bonds. The van der Waals surface area contributed by atoms with Crippen molar-refractivity contribution in [1.29, 1.82) is 0 Å². The zero-order chi connectivity index (χ0) is 29.0. The summed E-state index contributed by atoms with van der Waals surface area (Å²) < 4.78 is 14.9. The molecule has 0 radical (unpaired) electrons. The highest BCUT2D eigenvalue weighted by Crippen LogP contribution is 2.38. The predicted octanol–water partition coefficient (Wildman–Crippen LogP) is 4.97. The molecule has 0 saturated carbocycles. The summed E-state index contributed by atoms with van der Waals surface area (Å²) in [5, 5.41) is 5.03. The lowest BCUT2D eigenvalue weighted by Gasteiger charge is -2.43. The van der Waals surface area contributed by atoms with Gasteiger partial charge >= 0.3 is 5.69 Å². The SMILES string of the molecule is Cc1cn([C@@H]2CS[C@H](CO[Si](c3ccccc3)(c3ccccc3)C(C)(C)C)O2)c(=O)nc1NC(=O)c1ccccc1. The van der Waals surface area contributed by atoms with Crippen molar-refractivity contribution in [1.82, 2.24) is 9.55 Å². The van der Waals surface area contributed by atoms with Crippen LogP contribution in [-0.4, -0.2) is 41.6 Å². The van der Waals surface area contributed by atoms with E-state index in [1.165, 1.54) is 14.9 Å². The highest BCUT2D eigenvalue weighted by Gasteiger charge is 2.50. The van der Waals surface area contributed by atoms with Crippen LogP contribution in [0.5, 0.6) is 0 Å². The summed E-state index contributed by atoms with van der Waals surface area (Å²) in [5.74, 6) is 0.523. The number of anilines is 1. The van der Waals surface area contributed by atoms with Crippen molar-refractivity contribution in [3.63, 3.8) is 0 Å². The van der Waals surface area contributed by atoms with Crippen LogP contribution in [0.15, 0.2) is 102 Å². The van der Waals surface area contributed by atoms with Gasteiger partial charge in [0.05, 0.1) is 6.61 Å². The molecule has 41 heavy (non-hydrogen) atoms. The first-order valence-electron chi connectivity index (χ1n) is 13.7. The maximum absolute atomic E-state index is 13.0. The fourth-order valence-corrected chi connectivity index (χ4v) is 11.0. The van der Waals surface area contributed by atoms with E-state index in [0.29, 0.717) is 23.5 Å². The summed E-state index contributed by atoms with van der Waals surface area (Å²) in [6.07, 6.45) is 1.22. The van der Waals surface area contributed by atoms with Gasteiger partial charge in [0.15, 0.2) is 0 Å². The van der Waals surface area contributed by atoms with Crippen LogP contribution >= 0.6 is 11.8 Å². The van der Waals surface area contributed by atoms with E-state index in [0.717, 1.165) is 0 Å². The third-order valence-electron chi connectivity index (χ3n) is 7.30. The molecule has 1 aliphatic heterocycles. The summed E-state index contributed by atoms with van der Waals surface area (Å²) in [6, 6.07) is 29.9. The standard InChI is InChI=1S/C32H35N3O4SSi/c1-23-20-35(31(37)34-29(23)33-30(36)24-14-8-5-9-15-24)27-22-40-28(39-27)21-38-41(32(2,3)4,25-16-10-6-11-17-25)26-18-12-7-13-19-26/h5-20,27-28H,21-22H2,1-4H3,(H,33,34,36,37)/t27-,28+/m0/s1. The van der Waals surface area contributed by atoms with Crippen molar-refractivity contribution in [2.24, 2.45) is 0 Å². The van der Waals surface area contributed by atoms with Gasteiger partial charge in [-0.2, -0.15) is 4.98 Å². The number of thioether (sulfide) groups is 1. The van der Waals surface area contributed by atoms with Crippen LogP contribution in [0.25, 0.3) is 0 Å². The van der Waals surface area contributed by atoms with E-state index in [4.69, 9.17) is 9.16 Å². The molecule has 1 aliphatic rings. The third kappa shape index (κ3) is 6.08. The number of aromatic nitrogens is 2. The minimum atomic E-state index is -2.70. The van der Waals surface area contributed by atoms with Crippen LogP contribution in [0.4, 0.5) is 5.82 Å². The van der Waals surface area contributed by atoms with Gasteiger partial charge in [0, 0.05) is 23.1 Å². The molecule has 2 heterocycles. The number of nitrogens with zero attached hydrogens (tertiary/aromatic N) is 2. The lowest BCUT2D eigenvalue weighted by atomic mass is 10.2. The summed E-state index contributed by atoms with van der Waals surface area (Å²) in [6.45, 7) is 8.94. The van der Waals surface area contributed by atoms with Crippen molar-refractivity contribution in [2.75, 3.05) is 17.7 Å². The van der Waals surface area contributed by atoms with E-state index in [1.54, 1.807) is 42.2 Å². The number of carbonyl (C=O) groups is 1. The quantitative estimate of drug-likeness (QED) is 0.294. The number of aryl methyl sites for hydroxylation is 1. The predicted molar refractivity (Wildman–Crippen MR) is 168 cm³/mol. The molecule has 9 heteroatoms. The van der Waals surface area contributed by atoms with Crippen LogP contribution in [0, 0.1) is 6.92 Å². The van der Waals surface area contributed by atoms with E-state index in [9.17, 15) is 9.59 Å². The van der Waals surface area contributed by atoms with Gasteiger partial charge < -0.3 is 14.5 Å². The lowest BCUT2D eigenvalue weighted by Crippen LogP contribution is -2.67. The van der Waals surface area contributed by atoms with Crippen LogP contribution in [-0.2, 0) is 9.16 Å². The van der Waals surface area contributed by atoms with Gasteiger partial charge in [0.25, 0.3) is 14.2 Å². The van der Waals surface area contributed by atoms with Gasteiger partial charge in [-0.15, -0.1) is 11.8 Å². The second-order valence-electron chi connectivity index (χ2n) is 11.1. The molecular formula is C32H35N3O4SSi. The van der Waals surface area contributed by atoms with E-state index >= 15 is 0 Å². The minimum Gasteiger partial charge on any atom is -0.404 e. The Morgan fingerprint density at radius 2 is 1.56 bits per heavy atom. The van der Waals surface area contributed by atoms with Crippen LogP contribution < -0.4 is 21.4 Å². The summed E-state index contributed by atoms with van der Waals surface area (Å²) >= 11 is 1.63. The number of ether oxygens (including phenoxy) is 1. The Morgan fingerprint density at radius 3 is 2.12 bits per heavy atom. The van der Waals surface area contributed by atoms with E-state index < -0.39 is 20.2 Å². The molecule has 212 valence electrons. The highest BCUT2D eigenvalue weighted by atomic mass is 32.2. The number of amides is 1. The normalized spacial score (nSPS) is 17.4. The molecule has 0 spiro atoms. The number of carbonyl (C=O) groups excluding carboxylic acids is 1. The zero-order valence-electron chi connectivity index (χ0n) is 23.7. The molecule has 2 atom stereocenters. The third-order valence-corrected chi connectivity index (χ3v) is 13.4. The Kier molecular flexibility index (Phi) is 8.60. The number of benzene rings is 3. The van der Waals surface area contributed by atoms with Crippen molar-refractivity contribution in [3.8, 4) is 0 Å². The second kappa shape index (κ2) is 12.2. The van der Waals surface area contributed by atoms with Crippen LogP contribution in [0.3, 0.4) is 0 Å². The monoisotopic (exact) mass is 585 g/mol. The molecule has 3 aromatic carbocycles. The van der Waals surface area contributed by atoms with Gasteiger partial charge in [0.2, 0.25) is 0 Å². The molecule has 0 aliphatic carbocycles. The molecule has 5 rings (SSSR count). The van der Waals surface area contributed by atoms with Gasteiger partial charge in [-0.1, -0.05) is 99.6 Å². The first-order chi connectivity index (χ1) is 19.7. The number of rotatable bonds is 8. The maximum atomic E-state index is 13.0.